The molecule has 5 heteroatoms. The zero-order valence-electron chi connectivity index (χ0n) is 8.91. The molecule has 1 aromatic heterocycles. The first-order chi connectivity index (χ1) is 7.26. The van der Waals surface area contributed by atoms with Crippen molar-refractivity contribution in [2.45, 2.75) is 31.8 Å². The fraction of sp³-hybridized carbons (Fsp3) is 0.600. The summed E-state index contributed by atoms with van der Waals surface area (Å²) in [6.45, 7) is 2.07. The zero-order valence-corrected chi connectivity index (χ0v) is 8.91. The van der Waals surface area contributed by atoms with Gasteiger partial charge in [0.15, 0.2) is 0 Å². The molecule has 0 bridgehead atoms. The van der Waals surface area contributed by atoms with Gasteiger partial charge in [0, 0.05) is 12.1 Å². The molecule has 0 radical (unpaired) electrons. The summed E-state index contributed by atoms with van der Waals surface area (Å²) in [4.78, 5) is 18.8. The number of nitrogens with one attached hydrogen (secondary N) is 2. The van der Waals surface area contributed by atoms with Crippen molar-refractivity contribution in [2.24, 2.45) is 0 Å². The van der Waals surface area contributed by atoms with Crippen LogP contribution >= 0.6 is 0 Å². The Kier molecular flexibility index (Phi) is 2.73. The van der Waals surface area contributed by atoms with Gasteiger partial charge in [0.2, 0.25) is 0 Å². The van der Waals surface area contributed by atoms with E-state index in [4.69, 9.17) is 4.74 Å². The van der Waals surface area contributed by atoms with Crippen LogP contribution in [0.5, 0.6) is 0 Å². The summed E-state index contributed by atoms with van der Waals surface area (Å²) >= 11 is 0. The van der Waals surface area contributed by atoms with Crippen LogP contribution < -0.4 is 5.32 Å². The number of hydrogen-bond donors (Lipinski definition) is 2. The van der Waals surface area contributed by atoms with Gasteiger partial charge in [-0.05, 0) is 6.42 Å². The molecule has 0 aliphatic carbocycles. The molecule has 1 aliphatic rings. The minimum Gasteiger partial charge on any atom is -0.468 e. The molecule has 0 fully saturated rings. The Labute approximate surface area is 88.2 Å². The summed E-state index contributed by atoms with van der Waals surface area (Å²) in [6.07, 6.45) is 3.21. The lowest BCUT2D eigenvalue weighted by atomic mass is 9.98. The highest BCUT2D eigenvalue weighted by molar-refractivity contribution is 5.76. The summed E-state index contributed by atoms with van der Waals surface area (Å²) in [5.74, 6) is -0.214. The first-order valence-electron chi connectivity index (χ1n) is 5.12. The number of H-pyrrole nitrogens is 1. The van der Waals surface area contributed by atoms with Crippen molar-refractivity contribution in [2.75, 3.05) is 7.11 Å². The van der Waals surface area contributed by atoms with Crippen LogP contribution in [0.15, 0.2) is 6.33 Å². The van der Waals surface area contributed by atoms with Crippen LogP contribution in [0.4, 0.5) is 0 Å². The standard InChI is InChI=1S/C10H15N3O2/c1-3-6-9-7(11-5-12-9)4-8(13-6)10(14)15-2/h5-6,8,13H,3-4H2,1-2H3,(H,11,12)/t6?,8-/m1/s1. The van der Waals surface area contributed by atoms with E-state index in [2.05, 4.69) is 22.2 Å². The van der Waals surface area contributed by atoms with Crippen LogP contribution in [0.3, 0.4) is 0 Å². The first kappa shape index (κ1) is 10.2. The van der Waals surface area contributed by atoms with Crippen molar-refractivity contribution < 1.29 is 9.53 Å². The Balaban J connectivity index is 2.22. The van der Waals surface area contributed by atoms with Crippen molar-refractivity contribution in [3.8, 4) is 0 Å². The minimum absolute atomic E-state index is 0.143. The second-order valence-electron chi connectivity index (χ2n) is 3.67. The van der Waals surface area contributed by atoms with E-state index in [9.17, 15) is 4.79 Å². The predicted molar refractivity (Wildman–Crippen MR) is 54.3 cm³/mol. The molecule has 0 saturated carbocycles. The molecule has 0 saturated heterocycles. The van der Waals surface area contributed by atoms with E-state index < -0.39 is 0 Å². The molecule has 1 aromatic rings. The number of fused-ring (bicyclic) bond motifs is 1. The van der Waals surface area contributed by atoms with Gasteiger partial charge in [-0.2, -0.15) is 0 Å². The Morgan fingerprint density at radius 2 is 2.53 bits per heavy atom. The predicted octanol–water partition coefficient (Wildman–Crippen LogP) is 0.548. The molecule has 82 valence electrons. The van der Waals surface area contributed by atoms with Crippen molar-refractivity contribution >= 4 is 5.97 Å². The van der Waals surface area contributed by atoms with Crippen LogP contribution in [-0.4, -0.2) is 29.1 Å². The molecule has 2 N–H and O–H groups in total. The number of rotatable bonds is 2. The van der Waals surface area contributed by atoms with Crippen molar-refractivity contribution in [3.63, 3.8) is 0 Å². The number of esters is 1. The molecule has 15 heavy (non-hydrogen) atoms. The molecular weight excluding hydrogens is 194 g/mol. The summed E-state index contributed by atoms with van der Waals surface area (Å²) in [7, 11) is 1.41. The summed E-state index contributed by atoms with van der Waals surface area (Å²) in [5.41, 5.74) is 2.06. The molecule has 0 spiro atoms. The van der Waals surface area contributed by atoms with Gasteiger partial charge in [0.25, 0.3) is 0 Å². The molecule has 2 heterocycles. The van der Waals surface area contributed by atoms with E-state index in [-0.39, 0.29) is 18.1 Å². The number of aromatic nitrogens is 2. The maximum absolute atomic E-state index is 11.4. The molecule has 0 aromatic carbocycles. The molecule has 1 unspecified atom stereocenters. The van der Waals surface area contributed by atoms with E-state index in [0.717, 1.165) is 17.8 Å². The van der Waals surface area contributed by atoms with Gasteiger partial charge < -0.3 is 9.72 Å². The van der Waals surface area contributed by atoms with Crippen molar-refractivity contribution in [3.05, 3.63) is 17.7 Å². The first-order valence-corrected chi connectivity index (χ1v) is 5.12. The lowest BCUT2D eigenvalue weighted by Crippen LogP contribution is -2.45. The van der Waals surface area contributed by atoms with Crippen LogP contribution in [0.25, 0.3) is 0 Å². The normalized spacial score (nSPS) is 24.7. The van der Waals surface area contributed by atoms with Gasteiger partial charge in [0.1, 0.15) is 6.04 Å². The third-order valence-electron chi connectivity index (χ3n) is 2.79. The SMILES string of the molecule is CCC1N[C@@H](C(=O)OC)Cc2[nH]cnc21. The average Bonchev–Trinajstić information content (AvgIpc) is 2.74. The molecule has 0 amide bonds. The number of methoxy groups -OCH3 is 1. The fourth-order valence-electron chi connectivity index (χ4n) is 1.99. The summed E-state index contributed by atoms with van der Waals surface area (Å²) in [6, 6.07) is -0.114. The zero-order chi connectivity index (χ0) is 10.8. The van der Waals surface area contributed by atoms with Gasteiger partial charge in [-0.3, -0.25) is 10.1 Å². The van der Waals surface area contributed by atoms with Crippen molar-refractivity contribution in [1.29, 1.82) is 0 Å². The van der Waals surface area contributed by atoms with Crippen LogP contribution in [0, 0.1) is 0 Å². The van der Waals surface area contributed by atoms with Crippen LogP contribution in [0.2, 0.25) is 0 Å². The van der Waals surface area contributed by atoms with E-state index in [0.29, 0.717) is 6.42 Å². The van der Waals surface area contributed by atoms with Crippen LogP contribution in [-0.2, 0) is 16.0 Å². The Morgan fingerprint density at radius 3 is 3.20 bits per heavy atom. The van der Waals surface area contributed by atoms with Gasteiger partial charge in [-0.1, -0.05) is 6.92 Å². The smallest absolute Gasteiger partial charge is 0.323 e. The van der Waals surface area contributed by atoms with Gasteiger partial charge in [-0.25, -0.2) is 4.98 Å². The number of imidazole rings is 1. The molecule has 1 aliphatic heterocycles. The number of ether oxygens (including phenoxy) is 1. The second kappa shape index (κ2) is 4.02. The maximum Gasteiger partial charge on any atom is 0.323 e. The lowest BCUT2D eigenvalue weighted by Gasteiger charge is -2.27. The number of carbonyl (C=O) groups is 1. The molecule has 5 nitrogen and oxygen atoms in total. The Hall–Kier alpha value is -1.36. The van der Waals surface area contributed by atoms with Crippen molar-refractivity contribution in [1.82, 2.24) is 15.3 Å². The third kappa shape index (κ3) is 1.74. The molecule has 2 rings (SSSR count). The maximum atomic E-state index is 11.4. The van der Waals surface area contributed by atoms with E-state index in [1.807, 2.05) is 0 Å². The highest BCUT2D eigenvalue weighted by Gasteiger charge is 2.31. The van der Waals surface area contributed by atoms with Crippen LogP contribution in [0.1, 0.15) is 30.8 Å². The average molecular weight is 209 g/mol. The van der Waals surface area contributed by atoms with Gasteiger partial charge >= 0.3 is 5.97 Å². The largest absolute Gasteiger partial charge is 0.468 e. The lowest BCUT2D eigenvalue weighted by molar-refractivity contribution is -0.143. The second-order valence-corrected chi connectivity index (χ2v) is 3.67. The van der Waals surface area contributed by atoms with Gasteiger partial charge in [-0.15, -0.1) is 0 Å². The fourth-order valence-corrected chi connectivity index (χ4v) is 1.99. The minimum atomic E-state index is -0.257. The number of nitrogens with zero attached hydrogens (tertiary/aromatic N) is 1. The Bertz CT molecular complexity index is 361. The molecule has 2 atom stereocenters. The number of hydrogen-bond acceptors (Lipinski definition) is 4. The summed E-state index contributed by atoms with van der Waals surface area (Å²) in [5, 5.41) is 3.24. The number of aromatic amines is 1. The molecular formula is C10H15N3O2. The summed E-state index contributed by atoms with van der Waals surface area (Å²) < 4.78 is 4.74. The van der Waals surface area contributed by atoms with E-state index >= 15 is 0 Å². The highest BCUT2D eigenvalue weighted by atomic mass is 16.5. The number of carbonyl (C=O) groups excluding carboxylic acids is 1. The monoisotopic (exact) mass is 209 g/mol. The van der Waals surface area contributed by atoms with E-state index in [1.165, 1.54) is 7.11 Å². The Morgan fingerprint density at radius 1 is 1.73 bits per heavy atom. The third-order valence-corrected chi connectivity index (χ3v) is 2.79. The van der Waals surface area contributed by atoms with Gasteiger partial charge in [0.05, 0.1) is 25.2 Å². The highest BCUT2D eigenvalue weighted by Crippen LogP contribution is 2.24. The quantitative estimate of drug-likeness (QED) is 0.698. The van der Waals surface area contributed by atoms with E-state index in [1.54, 1.807) is 6.33 Å². The topological polar surface area (TPSA) is 67.0 Å².